The van der Waals surface area contributed by atoms with E-state index in [0.717, 1.165) is 25.6 Å². The largest absolute Gasteiger partial charge is 0.369 e. The van der Waals surface area contributed by atoms with Crippen molar-refractivity contribution in [1.29, 1.82) is 0 Å². The molecule has 1 aromatic heterocycles. The number of anilines is 1. The lowest BCUT2D eigenvalue weighted by molar-refractivity contribution is 0.190. The van der Waals surface area contributed by atoms with Crippen molar-refractivity contribution in [3.63, 3.8) is 0 Å². The van der Waals surface area contributed by atoms with Crippen LogP contribution in [-0.4, -0.2) is 27.5 Å². The molecule has 0 radical (unpaired) electrons. The summed E-state index contributed by atoms with van der Waals surface area (Å²) < 4.78 is 2.13. The van der Waals surface area contributed by atoms with Crippen LogP contribution >= 0.6 is 0 Å². The highest BCUT2D eigenvalue weighted by Gasteiger charge is 2.19. The molecule has 1 aromatic rings. The lowest BCUT2D eigenvalue weighted by Crippen LogP contribution is -2.36. The van der Waals surface area contributed by atoms with E-state index in [1.807, 2.05) is 6.20 Å². The molecule has 0 aliphatic carbocycles. The summed E-state index contributed by atoms with van der Waals surface area (Å²) >= 11 is 0. The molecule has 1 atom stereocenters. The van der Waals surface area contributed by atoms with Crippen LogP contribution in [0.2, 0.25) is 0 Å². The minimum absolute atomic E-state index is 0.663. The highest BCUT2D eigenvalue weighted by Crippen LogP contribution is 2.17. The molecule has 2 heterocycles. The summed E-state index contributed by atoms with van der Waals surface area (Å²) in [5.74, 6) is 1.45. The second-order valence-electron chi connectivity index (χ2n) is 4.89. The number of rotatable bonds is 4. The maximum atomic E-state index is 5.79. The summed E-state index contributed by atoms with van der Waals surface area (Å²) in [4.78, 5) is 6.67. The van der Waals surface area contributed by atoms with Crippen LogP contribution in [0.1, 0.15) is 32.4 Å². The molecule has 2 N–H and O–H groups in total. The number of nitrogen functional groups attached to an aromatic ring is 1. The molecule has 1 unspecified atom stereocenters. The topological polar surface area (TPSA) is 47.1 Å². The van der Waals surface area contributed by atoms with Crippen molar-refractivity contribution >= 4 is 5.95 Å². The zero-order valence-electron chi connectivity index (χ0n) is 10.3. The molecule has 0 spiro atoms. The number of nitrogens with zero attached hydrogens (tertiary/aromatic N) is 3. The fraction of sp³-hybridized carbons (Fsp3) is 0.750. The Kier molecular flexibility index (Phi) is 3.49. The van der Waals surface area contributed by atoms with Crippen LogP contribution in [-0.2, 0) is 13.1 Å². The van der Waals surface area contributed by atoms with Gasteiger partial charge in [0.05, 0.1) is 11.9 Å². The van der Waals surface area contributed by atoms with Gasteiger partial charge in [0.1, 0.15) is 0 Å². The van der Waals surface area contributed by atoms with Gasteiger partial charge in [-0.05, 0) is 12.3 Å². The minimum Gasteiger partial charge on any atom is -0.369 e. The van der Waals surface area contributed by atoms with Crippen LogP contribution in [0.4, 0.5) is 5.95 Å². The lowest BCUT2D eigenvalue weighted by atomic mass is 10.1. The van der Waals surface area contributed by atoms with Gasteiger partial charge in [0.25, 0.3) is 0 Å². The minimum atomic E-state index is 0.663. The summed E-state index contributed by atoms with van der Waals surface area (Å²) in [7, 11) is 0. The van der Waals surface area contributed by atoms with Gasteiger partial charge in [-0.15, -0.1) is 0 Å². The van der Waals surface area contributed by atoms with E-state index < -0.39 is 0 Å². The van der Waals surface area contributed by atoms with Crippen molar-refractivity contribution < 1.29 is 0 Å². The summed E-state index contributed by atoms with van der Waals surface area (Å²) in [6.45, 7) is 8.87. The fourth-order valence-corrected chi connectivity index (χ4v) is 2.54. The number of fused-ring (bicyclic) bond motifs is 1. The normalized spacial score (nSPS) is 18.4. The average molecular weight is 222 g/mol. The smallest absolute Gasteiger partial charge is 0.200 e. The molecule has 2 rings (SSSR count). The summed E-state index contributed by atoms with van der Waals surface area (Å²) in [5.41, 5.74) is 7.05. The molecule has 0 saturated heterocycles. The van der Waals surface area contributed by atoms with Gasteiger partial charge in [0.2, 0.25) is 0 Å². The van der Waals surface area contributed by atoms with Crippen LogP contribution in [0.5, 0.6) is 0 Å². The zero-order valence-corrected chi connectivity index (χ0v) is 10.3. The Morgan fingerprint density at radius 3 is 3.06 bits per heavy atom. The Balaban J connectivity index is 1.93. The highest BCUT2D eigenvalue weighted by atomic mass is 15.3. The quantitative estimate of drug-likeness (QED) is 0.843. The molecule has 0 aromatic carbocycles. The Morgan fingerprint density at radius 1 is 1.50 bits per heavy atom. The van der Waals surface area contributed by atoms with Gasteiger partial charge in [-0.1, -0.05) is 20.3 Å². The lowest BCUT2D eigenvalue weighted by Gasteiger charge is -2.30. The van der Waals surface area contributed by atoms with Crippen LogP contribution in [0.15, 0.2) is 6.20 Å². The molecule has 0 bridgehead atoms. The molecule has 4 nitrogen and oxygen atoms in total. The van der Waals surface area contributed by atoms with Crippen molar-refractivity contribution in [2.45, 2.75) is 39.8 Å². The standard InChI is InChI=1S/C12H22N4/c1-3-4-10(2)8-15-5-6-16-11(9-15)7-14-12(16)13/h7,10H,3-6,8-9H2,1-2H3,(H2,13,14). The Hall–Kier alpha value is -1.03. The zero-order chi connectivity index (χ0) is 11.5. The first-order valence-electron chi connectivity index (χ1n) is 6.23. The number of nitrogens with two attached hydrogens (primary N) is 1. The molecule has 0 saturated carbocycles. The maximum Gasteiger partial charge on any atom is 0.200 e. The molecule has 0 amide bonds. The molecule has 16 heavy (non-hydrogen) atoms. The van der Waals surface area contributed by atoms with E-state index in [-0.39, 0.29) is 0 Å². The first-order chi connectivity index (χ1) is 7.70. The third-order valence-electron chi connectivity index (χ3n) is 3.35. The van der Waals surface area contributed by atoms with Crippen molar-refractivity contribution in [2.75, 3.05) is 18.8 Å². The van der Waals surface area contributed by atoms with Crippen LogP contribution in [0.3, 0.4) is 0 Å². The van der Waals surface area contributed by atoms with E-state index in [1.165, 1.54) is 25.1 Å². The van der Waals surface area contributed by atoms with Crippen LogP contribution in [0, 0.1) is 5.92 Å². The van der Waals surface area contributed by atoms with Crippen molar-refractivity contribution in [2.24, 2.45) is 5.92 Å². The third-order valence-corrected chi connectivity index (χ3v) is 3.35. The van der Waals surface area contributed by atoms with Crippen LogP contribution in [0.25, 0.3) is 0 Å². The molecule has 1 aliphatic heterocycles. The fourth-order valence-electron chi connectivity index (χ4n) is 2.54. The average Bonchev–Trinajstić information content (AvgIpc) is 2.60. The van der Waals surface area contributed by atoms with Crippen molar-refractivity contribution in [1.82, 2.24) is 14.5 Å². The van der Waals surface area contributed by atoms with Crippen molar-refractivity contribution in [3.8, 4) is 0 Å². The molecule has 1 aliphatic rings. The van der Waals surface area contributed by atoms with E-state index in [4.69, 9.17) is 5.73 Å². The first-order valence-corrected chi connectivity index (χ1v) is 6.23. The summed E-state index contributed by atoms with van der Waals surface area (Å²) in [5, 5.41) is 0. The number of hydrogen-bond acceptors (Lipinski definition) is 3. The second kappa shape index (κ2) is 4.87. The Bertz CT molecular complexity index is 345. The van der Waals surface area contributed by atoms with Gasteiger partial charge in [-0.25, -0.2) is 4.98 Å². The van der Waals surface area contributed by atoms with E-state index in [9.17, 15) is 0 Å². The van der Waals surface area contributed by atoms with Crippen LogP contribution < -0.4 is 5.73 Å². The van der Waals surface area contributed by atoms with Gasteiger partial charge in [0, 0.05) is 26.2 Å². The molecular weight excluding hydrogens is 200 g/mol. The number of imidazole rings is 1. The van der Waals surface area contributed by atoms with Gasteiger partial charge < -0.3 is 10.3 Å². The maximum absolute atomic E-state index is 5.79. The molecule has 0 fully saturated rings. The Morgan fingerprint density at radius 2 is 2.31 bits per heavy atom. The number of aromatic nitrogens is 2. The summed E-state index contributed by atoms with van der Waals surface area (Å²) in [6, 6.07) is 0. The van der Waals surface area contributed by atoms with E-state index >= 15 is 0 Å². The van der Waals surface area contributed by atoms with E-state index in [1.54, 1.807) is 0 Å². The first kappa shape index (κ1) is 11.5. The Labute approximate surface area is 97.4 Å². The third kappa shape index (κ3) is 2.38. The predicted molar refractivity (Wildman–Crippen MR) is 66.0 cm³/mol. The molecule has 4 heteroatoms. The molecular formula is C12H22N4. The van der Waals surface area contributed by atoms with E-state index in [0.29, 0.717) is 5.95 Å². The summed E-state index contributed by atoms with van der Waals surface area (Å²) in [6.07, 6.45) is 4.50. The predicted octanol–water partition coefficient (Wildman–Crippen LogP) is 1.72. The van der Waals surface area contributed by atoms with E-state index in [2.05, 4.69) is 28.3 Å². The van der Waals surface area contributed by atoms with Crippen molar-refractivity contribution in [3.05, 3.63) is 11.9 Å². The molecule has 90 valence electrons. The van der Waals surface area contributed by atoms with Gasteiger partial charge in [-0.3, -0.25) is 4.90 Å². The second-order valence-corrected chi connectivity index (χ2v) is 4.89. The van der Waals surface area contributed by atoms with Gasteiger partial charge in [-0.2, -0.15) is 0 Å². The van der Waals surface area contributed by atoms with Gasteiger partial charge >= 0.3 is 0 Å². The highest BCUT2D eigenvalue weighted by molar-refractivity contribution is 5.23. The SMILES string of the molecule is CCCC(C)CN1CCn2c(cnc2N)C1. The number of hydrogen-bond donors (Lipinski definition) is 1. The monoisotopic (exact) mass is 222 g/mol. The van der Waals surface area contributed by atoms with Gasteiger partial charge in [0.15, 0.2) is 5.95 Å².